The van der Waals surface area contributed by atoms with Gasteiger partial charge in [0.2, 0.25) is 0 Å². The first-order chi connectivity index (χ1) is 18.9. The van der Waals surface area contributed by atoms with E-state index < -0.39 is 23.5 Å². The lowest BCUT2D eigenvalue weighted by Crippen LogP contribution is -2.44. The van der Waals surface area contributed by atoms with Gasteiger partial charge < -0.3 is 28.3 Å². The van der Waals surface area contributed by atoms with Gasteiger partial charge in [-0.05, 0) is 66.1 Å². The van der Waals surface area contributed by atoms with Crippen molar-refractivity contribution >= 4 is 22.8 Å². The van der Waals surface area contributed by atoms with Crippen LogP contribution in [0, 0.1) is 0 Å². The molecule has 39 heavy (non-hydrogen) atoms. The number of esters is 1. The number of benzene rings is 3. The topological polar surface area (TPSA) is 105 Å². The maximum absolute atomic E-state index is 13.8. The molecule has 0 bridgehead atoms. The third-order valence-electron chi connectivity index (χ3n) is 6.82. The molecule has 4 aromatic rings. The van der Waals surface area contributed by atoms with Gasteiger partial charge in [0, 0.05) is 11.9 Å². The minimum atomic E-state index is -0.699. The predicted octanol–water partition coefficient (Wildman–Crippen LogP) is 4.42. The highest BCUT2D eigenvalue weighted by Gasteiger charge is 2.34. The van der Waals surface area contributed by atoms with Gasteiger partial charge in [-0.25, -0.2) is 9.59 Å². The average molecular weight is 530 g/mol. The molecule has 1 atom stereocenters. The molecule has 1 aliphatic heterocycles. The Hall–Kier alpha value is -4.79. The van der Waals surface area contributed by atoms with E-state index in [1.165, 1.54) is 7.11 Å². The predicted molar refractivity (Wildman–Crippen MR) is 143 cm³/mol. The Morgan fingerprint density at radius 3 is 2.38 bits per heavy atom. The van der Waals surface area contributed by atoms with Crippen LogP contribution in [0.2, 0.25) is 0 Å². The molecule has 2 heterocycles. The molecule has 0 fully saturated rings. The summed E-state index contributed by atoms with van der Waals surface area (Å²) in [5.41, 5.74) is 1.86. The number of methoxy groups -OCH3 is 3. The molecule has 0 radical (unpaired) electrons. The molecule has 1 amide bonds. The van der Waals surface area contributed by atoms with Crippen molar-refractivity contribution in [2.24, 2.45) is 0 Å². The number of hydrogen-bond acceptors (Lipinski definition) is 8. The molecule has 1 unspecified atom stereocenters. The van der Waals surface area contributed by atoms with Crippen molar-refractivity contribution < 1.29 is 33.0 Å². The zero-order valence-corrected chi connectivity index (χ0v) is 21.8. The fourth-order valence-corrected chi connectivity index (χ4v) is 4.80. The molecule has 0 spiro atoms. The normalized spacial score (nSPS) is 14.4. The van der Waals surface area contributed by atoms with Gasteiger partial charge in [0.1, 0.15) is 23.5 Å². The fraction of sp³-hybridized carbons (Fsp3) is 0.233. The molecular weight excluding hydrogens is 502 g/mol. The van der Waals surface area contributed by atoms with Crippen LogP contribution in [0.15, 0.2) is 75.9 Å². The molecule has 200 valence electrons. The Morgan fingerprint density at radius 2 is 1.67 bits per heavy atom. The van der Waals surface area contributed by atoms with Gasteiger partial charge >= 0.3 is 11.6 Å². The van der Waals surface area contributed by atoms with Gasteiger partial charge in [0.05, 0.1) is 32.9 Å². The van der Waals surface area contributed by atoms with E-state index in [1.54, 1.807) is 67.7 Å². The standard InChI is InChI=1S/C30H27NO8/c1-35-26-15-19-12-13-31(28(32)23-14-20-6-4-5-7-25(20)39-30(23)34)24(22(19)16-27(26)36-2)17-38-21-10-8-18(9-11-21)29(33)37-3/h4-11,14-16,24H,12-13,17H2,1-3H3. The quantitative estimate of drug-likeness (QED) is 0.256. The van der Waals surface area contributed by atoms with Crippen LogP contribution in [0.1, 0.15) is 37.9 Å². The van der Waals surface area contributed by atoms with Crippen LogP contribution in [0.4, 0.5) is 0 Å². The lowest BCUT2D eigenvalue weighted by atomic mass is 9.91. The Kier molecular flexibility index (Phi) is 7.23. The molecule has 0 saturated heterocycles. The van der Waals surface area contributed by atoms with Crippen LogP contribution >= 0.6 is 0 Å². The zero-order valence-electron chi connectivity index (χ0n) is 21.8. The lowest BCUT2D eigenvalue weighted by molar-refractivity contribution is 0.0579. The van der Waals surface area contributed by atoms with E-state index in [9.17, 15) is 14.4 Å². The average Bonchev–Trinajstić information content (AvgIpc) is 2.98. The Labute approximate surface area is 224 Å². The number of amides is 1. The molecule has 9 nitrogen and oxygen atoms in total. The Balaban J connectivity index is 1.51. The maximum atomic E-state index is 13.8. The number of fused-ring (bicyclic) bond motifs is 2. The van der Waals surface area contributed by atoms with E-state index in [0.717, 1.165) is 11.1 Å². The summed E-state index contributed by atoms with van der Waals surface area (Å²) in [6.07, 6.45) is 0.546. The number of carbonyl (C=O) groups excluding carboxylic acids is 2. The monoisotopic (exact) mass is 529 g/mol. The van der Waals surface area contributed by atoms with E-state index in [1.807, 2.05) is 18.2 Å². The molecule has 0 aliphatic carbocycles. The summed E-state index contributed by atoms with van der Waals surface area (Å²) in [7, 11) is 4.43. The van der Waals surface area contributed by atoms with Crippen molar-refractivity contribution in [2.45, 2.75) is 12.5 Å². The van der Waals surface area contributed by atoms with Crippen molar-refractivity contribution in [2.75, 3.05) is 34.5 Å². The number of rotatable bonds is 7. The first-order valence-corrected chi connectivity index (χ1v) is 12.3. The second-order valence-corrected chi connectivity index (χ2v) is 8.98. The second kappa shape index (κ2) is 10.9. The fourth-order valence-electron chi connectivity index (χ4n) is 4.80. The van der Waals surface area contributed by atoms with Gasteiger partial charge in [-0.1, -0.05) is 18.2 Å². The van der Waals surface area contributed by atoms with Gasteiger partial charge in [-0.3, -0.25) is 4.79 Å². The molecule has 3 aromatic carbocycles. The van der Waals surface area contributed by atoms with E-state index in [-0.39, 0.29) is 12.2 Å². The van der Waals surface area contributed by atoms with Crippen molar-refractivity contribution in [3.05, 3.63) is 99.4 Å². The minimum Gasteiger partial charge on any atom is -0.493 e. The summed E-state index contributed by atoms with van der Waals surface area (Å²) in [5, 5.41) is 0.655. The zero-order chi connectivity index (χ0) is 27.5. The summed E-state index contributed by atoms with van der Waals surface area (Å²) >= 11 is 0. The van der Waals surface area contributed by atoms with E-state index >= 15 is 0 Å². The van der Waals surface area contributed by atoms with E-state index in [4.69, 9.17) is 23.4 Å². The highest BCUT2D eigenvalue weighted by Crippen LogP contribution is 2.39. The summed E-state index contributed by atoms with van der Waals surface area (Å²) in [6.45, 7) is 0.438. The van der Waals surface area contributed by atoms with Crippen molar-refractivity contribution in [3.8, 4) is 17.2 Å². The van der Waals surface area contributed by atoms with Crippen molar-refractivity contribution in [1.29, 1.82) is 0 Å². The highest BCUT2D eigenvalue weighted by molar-refractivity contribution is 5.97. The minimum absolute atomic E-state index is 0.0509. The molecule has 1 aliphatic rings. The molecule has 0 N–H and O–H groups in total. The van der Waals surface area contributed by atoms with E-state index in [0.29, 0.717) is 46.7 Å². The second-order valence-electron chi connectivity index (χ2n) is 8.98. The van der Waals surface area contributed by atoms with Crippen LogP contribution in [0.3, 0.4) is 0 Å². The molecule has 1 aromatic heterocycles. The summed E-state index contributed by atoms with van der Waals surface area (Å²) in [5.74, 6) is 0.708. The third kappa shape index (κ3) is 5.03. The van der Waals surface area contributed by atoms with Gasteiger partial charge in [-0.2, -0.15) is 0 Å². The summed E-state index contributed by atoms with van der Waals surface area (Å²) in [4.78, 5) is 40.1. The number of para-hydroxylation sites is 1. The molecule has 5 rings (SSSR count). The van der Waals surface area contributed by atoms with Crippen LogP contribution in [-0.4, -0.2) is 51.3 Å². The Bertz CT molecular complexity index is 1590. The maximum Gasteiger partial charge on any atom is 0.349 e. The van der Waals surface area contributed by atoms with Gasteiger partial charge in [-0.15, -0.1) is 0 Å². The van der Waals surface area contributed by atoms with E-state index in [2.05, 4.69) is 0 Å². The van der Waals surface area contributed by atoms with Crippen LogP contribution in [-0.2, 0) is 11.2 Å². The Morgan fingerprint density at radius 1 is 0.949 bits per heavy atom. The van der Waals surface area contributed by atoms with Crippen molar-refractivity contribution in [3.63, 3.8) is 0 Å². The lowest BCUT2D eigenvalue weighted by Gasteiger charge is -2.37. The number of nitrogens with zero attached hydrogens (tertiary/aromatic N) is 1. The van der Waals surface area contributed by atoms with Crippen molar-refractivity contribution in [1.82, 2.24) is 4.90 Å². The first-order valence-electron chi connectivity index (χ1n) is 12.3. The van der Waals surface area contributed by atoms with Gasteiger partial charge in [0.15, 0.2) is 11.5 Å². The number of carbonyl (C=O) groups is 2. The smallest absolute Gasteiger partial charge is 0.349 e. The first kappa shape index (κ1) is 25.8. The largest absolute Gasteiger partial charge is 0.493 e. The van der Waals surface area contributed by atoms with Crippen LogP contribution < -0.4 is 19.8 Å². The summed E-state index contributed by atoms with van der Waals surface area (Å²) in [6, 6.07) is 18.3. The summed E-state index contributed by atoms with van der Waals surface area (Å²) < 4.78 is 27.3. The highest BCUT2D eigenvalue weighted by atomic mass is 16.5. The third-order valence-corrected chi connectivity index (χ3v) is 6.82. The van der Waals surface area contributed by atoms with Crippen LogP contribution in [0.25, 0.3) is 11.0 Å². The molecule has 0 saturated carbocycles. The molecular formula is C30H27NO8. The number of ether oxygens (including phenoxy) is 4. The SMILES string of the molecule is COC(=O)c1ccc(OCC2c3cc(OC)c(OC)cc3CCN2C(=O)c2cc3ccccc3oc2=O)cc1. The molecule has 9 heteroatoms. The van der Waals surface area contributed by atoms with Gasteiger partial charge in [0.25, 0.3) is 5.91 Å². The number of hydrogen-bond donors (Lipinski definition) is 0. The van der Waals surface area contributed by atoms with Crippen LogP contribution in [0.5, 0.6) is 17.2 Å².